The maximum Gasteiger partial charge on any atom is 0.124 e. The summed E-state index contributed by atoms with van der Waals surface area (Å²) in [7, 11) is 0. The molecule has 2 aromatic rings. The quantitative estimate of drug-likeness (QED) is 0.897. The Morgan fingerprint density at radius 1 is 1.25 bits per heavy atom. The third kappa shape index (κ3) is 3.49. The van der Waals surface area contributed by atoms with Crippen LogP contribution in [0.5, 0.6) is 5.75 Å². The van der Waals surface area contributed by atoms with Crippen LogP contribution in [0.25, 0.3) is 10.2 Å². The first-order chi connectivity index (χ1) is 9.72. The van der Waals surface area contributed by atoms with E-state index in [1.807, 2.05) is 39.0 Å². The Morgan fingerprint density at radius 2 is 2.00 bits per heavy atom. The molecule has 4 heteroatoms. The topological polar surface area (TPSA) is 42.4 Å². The van der Waals surface area contributed by atoms with Crippen molar-refractivity contribution >= 4 is 21.6 Å². The van der Waals surface area contributed by atoms with E-state index < -0.39 is 0 Å². The highest BCUT2D eigenvalue weighted by Crippen LogP contribution is 2.29. The minimum absolute atomic E-state index is 0.0507. The lowest BCUT2D eigenvalue weighted by Crippen LogP contribution is -2.34. The van der Waals surface area contributed by atoms with Crippen LogP contribution in [0.2, 0.25) is 0 Å². The average Bonchev–Trinajstić information content (AvgIpc) is 2.83. The Hall–Kier alpha value is -1.13. The third-order valence-corrected chi connectivity index (χ3v) is 4.36. The normalized spacial score (nSPS) is 22.2. The number of thiazole rings is 1. The minimum atomic E-state index is -0.322. The summed E-state index contributed by atoms with van der Waals surface area (Å²) in [6.45, 7) is 6.01. The van der Waals surface area contributed by atoms with Gasteiger partial charge in [-0.1, -0.05) is 20.3 Å². The predicted molar refractivity (Wildman–Crippen MR) is 84.6 cm³/mol. The summed E-state index contributed by atoms with van der Waals surface area (Å²) in [5, 5.41) is 11.0. The molecule has 1 saturated carbocycles. The first-order valence-corrected chi connectivity index (χ1v) is 8.26. The summed E-state index contributed by atoms with van der Waals surface area (Å²) in [5.74, 6) is 0.845. The SMILES string of the molecule is CC.Cc1nc2ccc(OC3CCCCC3O)cc2s1. The van der Waals surface area contributed by atoms with Crippen molar-refractivity contribution in [1.82, 2.24) is 4.98 Å². The molecule has 2 unspecified atom stereocenters. The first kappa shape index (κ1) is 15.3. The lowest BCUT2D eigenvalue weighted by molar-refractivity contribution is 0.00695. The van der Waals surface area contributed by atoms with E-state index in [0.717, 1.165) is 46.7 Å². The molecular weight excluding hydrogens is 270 g/mol. The number of aliphatic hydroxyl groups excluding tert-OH is 1. The number of nitrogens with zero attached hydrogens (tertiary/aromatic N) is 1. The highest BCUT2D eigenvalue weighted by Gasteiger charge is 2.24. The molecule has 1 aliphatic carbocycles. The highest BCUT2D eigenvalue weighted by molar-refractivity contribution is 7.18. The Morgan fingerprint density at radius 3 is 2.75 bits per heavy atom. The Kier molecular flexibility index (Phi) is 5.38. The Labute approximate surface area is 124 Å². The van der Waals surface area contributed by atoms with E-state index in [1.165, 1.54) is 0 Å². The number of aryl methyl sites for hydroxylation is 1. The van der Waals surface area contributed by atoms with Crippen molar-refractivity contribution in [3.05, 3.63) is 23.2 Å². The molecule has 3 nitrogen and oxygen atoms in total. The fourth-order valence-electron chi connectivity index (χ4n) is 2.48. The van der Waals surface area contributed by atoms with Gasteiger partial charge in [0.2, 0.25) is 0 Å². The molecule has 2 atom stereocenters. The molecule has 1 heterocycles. The van der Waals surface area contributed by atoms with Crippen LogP contribution in [0.15, 0.2) is 18.2 Å². The molecule has 0 amide bonds. The van der Waals surface area contributed by atoms with E-state index >= 15 is 0 Å². The van der Waals surface area contributed by atoms with E-state index in [-0.39, 0.29) is 12.2 Å². The van der Waals surface area contributed by atoms with Crippen molar-refractivity contribution in [2.75, 3.05) is 0 Å². The van der Waals surface area contributed by atoms with Gasteiger partial charge in [-0.3, -0.25) is 0 Å². The molecule has 3 rings (SSSR count). The number of hydrogen-bond donors (Lipinski definition) is 1. The number of rotatable bonds is 2. The van der Waals surface area contributed by atoms with Gasteiger partial charge in [-0.15, -0.1) is 11.3 Å². The summed E-state index contributed by atoms with van der Waals surface area (Å²) in [5.41, 5.74) is 1.02. The fraction of sp³-hybridized carbons (Fsp3) is 0.562. The summed E-state index contributed by atoms with van der Waals surface area (Å²) in [4.78, 5) is 4.43. The monoisotopic (exact) mass is 293 g/mol. The summed E-state index contributed by atoms with van der Waals surface area (Å²) in [6.07, 6.45) is 3.67. The molecule has 0 bridgehead atoms. The van der Waals surface area contributed by atoms with Crippen molar-refractivity contribution in [3.8, 4) is 5.75 Å². The van der Waals surface area contributed by atoms with E-state index in [9.17, 15) is 5.11 Å². The highest BCUT2D eigenvalue weighted by atomic mass is 32.1. The number of aliphatic hydroxyl groups is 1. The molecule has 1 fully saturated rings. The molecule has 0 aliphatic heterocycles. The van der Waals surface area contributed by atoms with Gasteiger partial charge in [-0.2, -0.15) is 0 Å². The fourth-order valence-corrected chi connectivity index (χ4v) is 3.34. The minimum Gasteiger partial charge on any atom is -0.488 e. The van der Waals surface area contributed by atoms with Gasteiger partial charge in [0.15, 0.2) is 0 Å². The van der Waals surface area contributed by atoms with Crippen molar-refractivity contribution in [2.24, 2.45) is 0 Å². The molecule has 0 saturated heterocycles. The second kappa shape index (κ2) is 7.04. The molecule has 0 spiro atoms. The smallest absolute Gasteiger partial charge is 0.124 e. The zero-order valence-electron chi connectivity index (χ0n) is 12.4. The van der Waals surface area contributed by atoms with Crippen LogP contribution in [0.4, 0.5) is 0 Å². The summed E-state index contributed by atoms with van der Waals surface area (Å²) < 4.78 is 7.06. The third-order valence-electron chi connectivity index (χ3n) is 3.42. The zero-order chi connectivity index (χ0) is 14.5. The van der Waals surface area contributed by atoms with Gasteiger partial charge in [0, 0.05) is 0 Å². The largest absolute Gasteiger partial charge is 0.488 e. The van der Waals surface area contributed by atoms with Gasteiger partial charge >= 0.3 is 0 Å². The van der Waals surface area contributed by atoms with Crippen LogP contribution in [0.1, 0.15) is 44.5 Å². The van der Waals surface area contributed by atoms with Gasteiger partial charge in [0.25, 0.3) is 0 Å². The molecule has 1 aromatic carbocycles. The molecule has 1 aromatic heterocycles. The number of fused-ring (bicyclic) bond motifs is 1. The first-order valence-electron chi connectivity index (χ1n) is 7.44. The number of ether oxygens (including phenoxy) is 1. The maximum absolute atomic E-state index is 9.91. The number of aromatic nitrogens is 1. The van der Waals surface area contributed by atoms with Gasteiger partial charge < -0.3 is 9.84 Å². The van der Waals surface area contributed by atoms with Gasteiger partial charge in [-0.25, -0.2) is 4.98 Å². The molecular formula is C16H23NO2S. The number of hydrogen-bond acceptors (Lipinski definition) is 4. The van der Waals surface area contributed by atoms with E-state index in [4.69, 9.17) is 4.74 Å². The Balaban J connectivity index is 0.000000704. The summed E-state index contributed by atoms with van der Waals surface area (Å²) >= 11 is 1.68. The second-order valence-corrected chi connectivity index (χ2v) is 6.11. The van der Waals surface area contributed by atoms with E-state index in [0.29, 0.717) is 0 Å². The molecule has 20 heavy (non-hydrogen) atoms. The van der Waals surface area contributed by atoms with Crippen molar-refractivity contribution < 1.29 is 9.84 Å². The molecule has 110 valence electrons. The van der Waals surface area contributed by atoms with Crippen LogP contribution in [-0.4, -0.2) is 22.3 Å². The van der Waals surface area contributed by atoms with Crippen LogP contribution < -0.4 is 4.74 Å². The van der Waals surface area contributed by atoms with Crippen LogP contribution in [0.3, 0.4) is 0 Å². The van der Waals surface area contributed by atoms with Crippen LogP contribution in [-0.2, 0) is 0 Å². The Bertz CT molecular complexity index is 552. The lowest BCUT2D eigenvalue weighted by atomic mass is 9.95. The van der Waals surface area contributed by atoms with E-state index in [2.05, 4.69) is 4.98 Å². The molecule has 0 radical (unpaired) electrons. The maximum atomic E-state index is 9.91. The number of benzene rings is 1. The average molecular weight is 293 g/mol. The summed E-state index contributed by atoms with van der Waals surface area (Å²) in [6, 6.07) is 5.97. The van der Waals surface area contributed by atoms with E-state index in [1.54, 1.807) is 11.3 Å². The van der Waals surface area contributed by atoms with Crippen molar-refractivity contribution in [2.45, 2.75) is 58.7 Å². The van der Waals surface area contributed by atoms with Gasteiger partial charge in [0.1, 0.15) is 11.9 Å². The molecule has 1 aliphatic rings. The zero-order valence-corrected chi connectivity index (χ0v) is 13.2. The van der Waals surface area contributed by atoms with Crippen LogP contribution in [0, 0.1) is 6.92 Å². The van der Waals surface area contributed by atoms with Gasteiger partial charge in [-0.05, 0) is 44.4 Å². The predicted octanol–water partition coefficient (Wildman–Crippen LogP) is 4.31. The lowest BCUT2D eigenvalue weighted by Gasteiger charge is -2.28. The van der Waals surface area contributed by atoms with Crippen LogP contribution >= 0.6 is 11.3 Å². The van der Waals surface area contributed by atoms with Crippen molar-refractivity contribution in [1.29, 1.82) is 0 Å². The van der Waals surface area contributed by atoms with Gasteiger partial charge in [0.05, 0.1) is 21.3 Å². The second-order valence-electron chi connectivity index (χ2n) is 4.87. The standard InChI is InChI=1S/C14H17NO2S.C2H6/c1-9-15-11-7-6-10(8-14(11)18-9)17-13-5-3-2-4-12(13)16;1-2/h6-8,12-13,16H,2-5H2,1H3;1-2H3. The molecule has 1 N–H and O–H groups in total. The van der Waals surface area contributed by atoms with Crippen molar-refractivity contribution in [3.63, 3.8) is 0 Å².